The quantitative estimate of drug-likeness (QED) is 0.780. The largest absolute Gasteiger partial charge is 0.376 e. The first-order valence-corrected chi connectivity index (χ1v) is 9.75. The second-order valence-corrected chi connectivity index (χ2v) is 7.43. The first-order valence-electron chi connectivity index (χ1n) is 9.75. The van der Waals surface area contributed by atoms with Crippen molar-refractivity contribution in [2.75, 3.05) is 19.7 Å². The van der Waals surface area contributed by atoms with Crippen molar-refractivity contribution in [1.82, 2.24) is 30.8 Å². The average Bonchev–Trinajstić information content (AvgIpc) is 3.35. The molecule has 1 saturated carbocycles. The van der Waals surface area contributed by atoms with E-state index in [1.54, 1.807) is 0 Å². The van der Waals surface area contributed by atoms with Gasteiger partial charge in [0.25, 0.3) is 0 Å². The van der Waals surface area contributed by atoms with Crippen LogP contribution in [0.5, 0.6) is 0 Å². The number of nitrogens with zero attached hydrogens (tertiary/aromatic N) is 4. The average molecular weight is 370 g/mol. The van der Waals surface area contributed by atoms with E-state index in [2.05, 4.69) is 25.9 Å². The van der Waals surface area contributed by atoms with Crippen molar-refractivity contribution in [3.05, 3.63) is 29.8 Å². The third-order valence-electron chi connectivity index (χ3n) is 5.41. The summed E-state index contributed by atoms with van der Waals surface area (Å²) in [5.74, 6) is 1.19. The minimum atomic E-state index is -0.0117. The number of benzene rings is 1. The zero-order valence-corrected chi connectivity index (χ0v) is 15.4. The summed E-state index contributed by atoms with van der Waals surface area (Å²) in [6.07, 6.45) is 6.04. The molecule has 144 valence electrons. The summed E-state index contributed by atoms with van der Waals surface area (Å²) in [6.45, 7) is 2.80. The van der Waals surface area contributed by atoms with Crippen LogP contribution in [0, 0.1) is 5.92 Å². The highest BCUT2D eigenvalue weighted by molar-refractivity contribution is 5.74. The van der Waals surface area contributed by atoms with Crippen molar-refractivity contribution >= 4 is 6.03 Å². The van der Waals surface area contributed by atoms with E-state index in [1.165, 1.54) is 19.3 Å². The number of rotatable bonds is 7. The molecule has 1 atom stereocenters. The Labute approximate surface area is 158 Å². The fraction of sp³-hybridized carbons (Fsp3) is 0.579. The molecule has 1 aliphatic carbocycles. The van der Waals surface area contributed by atoms with E-state index in [0.717, 1.165) is 37.1 Å². The van der Waals surface area contributed by atoms with Gasteiger partial charge in [-0.05, 0) is 48.4 Å². The fourth-order valence-electron chi connectivity index (χ4n) is 3.66. The van der Waals surface area contributed by atoms with Gasteiger partial charge in [-0.3, -0.25) is 0 Å². The fourth-order valence-corrected chi connectivity index (χ4v) is 3.66. The Morgan fingerprint density at radius 3 is 2.89 bits per heavy atom. The van der Waals surface area contributed by atoms with Crippen molar-refractivity contribution in [3.8, 4) is 11.4 Å². The topological polar surface area (TPSA) is 96.0 Å². The van der Waals surface area contributed by atoms with Crippen molar-refractivity contribution in [2.24, 2.45) is 5.92 Å². The van der Waals surface area contributed by atoms with Crippen molar-refractivity contribution in [3.63, 3.8) is 0 Å². The lowest BCUT2D eigenvalue weighted by atomic mass is 9.85. The molecule has 8 nitrogen and oxygen atoms in total. The zero-order valence-electron chi connectivity index (χ0n) is 15.4. The van der Waals surface area contributed by atoms with Crippen LogP contribution in [0.2, 0.25) is 0 Å². The number of nitrogens with one attached hydrogen (secondary N) is 2. The van der Waals surface area contributed by atoms with Crippen molar-refractivity contribution in [2.45, 2.75) is 44.8 Å². The van der Waals surface area contributed by atoms with Gasteiger partial charge >= 0.3 is 6.03 Å². The lowest BCUT2D eigenvalue weighted by Gasteiger charge is -2.33. The maximum Gasteiger partial charge on any atom is 0.317 e. The highest BCUT2D eigenvalue weighted by Gasteiger charge is 2.27. The number of aromatic amines is 1. The summed E-state index contributed by atoms with van der Waals surface area (Å²) in [5, 5.41) is 17.1. The van der Waals surface area contributed by atoms with E-state index in [0.29, 0.717) is 24.8 Å². The Bertz CT molecular complexity index is 740. The van der Waals surface area contributed by atoms with Crippen LogP contribution in [-0.4, -0.2) is 57.4 Å². The smallest absolute Gasteiger partial charge is 0.317 e. The molecule has 27 heavy (non-hydrogen) atoms. The molecule has 4 rings (SSSR count). The SMILES string of the molecule is O=C(NCc1cccc(-c2nn[nH]n2)c1)N(CC1CCC1)C[C@@H]1CCCO1. The molecule has 0 radical (unpaired) electrons. The molecular weight excluding hydrogens is 344 g/mol. The molecule has 0 spiro atoms. The van der Waals surface area contributed by atoms with Crippen LogP contribution in [0.15, 0.2) is 24.3 Å². The normalized spacial score (nSPS) is 19.6. The zero-order chi connectivity index (χ0) is 18.5. The molecule has 1 aromatic heterocycles. The molecule has 2 amide bonds. The molecule has 2 aromatic rings. The minimum Gasteiger partial charge on any atom is -0.376 e. The van der Waals surface area contributed by atoms with Gasteiger partial charge in [0.1, 0.15) is 0 Å². The van der Waals surface area contributed by atoms with Gasteiger partial charge in [0.2, 0.25) is 5.82 Å². The maximum atomic E-state index is 12.8. The number of tetrazole rings is 1. The standard InChI is InChI=1S/C19H26N6O2/c26-19(25(12-14-4-1-5-14)13-17-8-3-9-27-17)20-11-15-6-2-7-16(10-15)18-21-23-24-22-18/h2,6-7,10,14,17H,1,3-5,8-9,11-13H2,(H,20,26)(H,21,22,23,24)/t17-/m0/s1. The number of hydrogen-bond acceptors (Lipinski definition) is 5. The first kappa shape index (κ1) is 17.9. The molecule has 0 unspecified atom stereocenters. The van der Waals surface area contributed by atoms with E-state index >= 15 is 0 Å². The van der Waals surface area contributed by atoms with Crippen LogP contribution in [0.1, 0.15) is 37.7 Å². The Hall–Kier alpha value is -2.48. The predicted molar refractivity (Wildman–Crippen MR) is 99.7 cm³/mol. The van der Waals surface area contributed by atoms with Gasteiger partial charge in [0.15, 0.2) is 0 Å². The molecule has 8 heteroatoms. The Morgan fingerprint density at radius 2 is 2.19 bits per heavy atom. The molecule has 2 aliphatic rings. The van der Waals surface area contributed by atoms with Crippen LogP contribution < -0.4 is 5.32 Å². The number of H-pyrrole nitrogens is 1. The number of carbonyl (C=O) groups is 1. The first-order chi connectivity index (χ1) is 13.3. The lowest BCUT2D eigenvalue weighted by molar-refractivity contribution is 0.0720. The molecule has 1 saturated heterocycles. The number of aromatic nitrogens is 4. The van der Waals surface area contributed by atoms with E-state index in [1.807, 2.05) is 29.2 Å². The molecule has 1 aromatic carbocycles. The highest BCUT2D eigenvalue weighted by Crippen LogP contribution is 2.27. The third kappa shape index (κ3) is 4.63. The van der Waals surface area contributed by atoms with E-state index in [9.17, 15) is 4.79 Å². The van der Waals surface area contributed by atoms with Gasteiger partial charge in [0, 0.05) is 31.8 Å². The summed E-state index contributed by atoms with van der Waals surface area (Å²) in [7, 11) is 0. The van der Waals surface area contributed by atoms with Gasteiger partial charge in [-0.1, -0.05) is 24.6 Å². The van der Waals surface area contributed by atoms with E-state index in [4.69, 9.17) is 4.74 Å². The van der Waals surface area contributed by atoms with Gasteiger partial charge < -0.3 is 15.0 Å². The molecule has 2 N–H and O–H groups in total. The number of amides is 2. The molecular formula is C19H26N6O2. The predicted octanol–water partition coefficient (Wildman–Crippen LogP) is 2.36. The Morgan fingerprint density at radius 1 is 1.26 bits per heavy atom. The molecule has 0 bridgehead atoms. The van der Waals surface area contributed by atoms with Crippen LogP contribution in [0.3, 0.4) is 0 Å². The summed E-state index contributed by atoms with van der Waals surface area (Å²) >= 11 is 0. The summed E-state index contributed by atoms with van der Waals surface area (Å²) in [6, 6.07) is 7.81. The van der Waals surface area contributed by atoms with Crippen molar-refractivity contribution in [1.29, 1.82) is 0 Å². The van der Waals surface area contributed by atoms with E-state index in [-0.39, 0.29) is 12.1 Å². The van der Waals surface area contributed by atoms with Crippen LogP contribution in [0.4, 0.5) is 4.79 Å². The third-order valence-corrected chi connectivity index (χ3v) is 5.41. The van der Waals surface area contributed by atoms with Gasteiger partial charge in [-0.15, -0.1) is 10.2 Å². The minimum absolute atomic E-state index is 0.0117. The lowest BCUT2D eigenvalue weighted by Crippen LogP contribution is -2.46. The monoisotopic (exact) mass is 370 g/mol. The molecule has 1 aliphatic heterocycles. The molecule has 2 fully saturated rings. The second kappa shape index (κ2) is 8.47. The Balaban J connectivity index is 1.36. The number of ether oxygens (including phenoxy) is 1. The molecule has 2 heterocycles. The summed E-state index contributed by atoms with van der Waals surface area (Å²) in [5.41, 5.74) is 1.88. The maximum absolute atomic E-state index is 12.8. The van der Waals surface area contributed by atoms with Crippen LogP contribution in [0.25, 0.3) is 11.4 Å². The van der Waals surface area contributed by atoms with Gasteiger partial charge in [-0.25, -0.2) is 4.79 Å². The van der Waals surface area contributed by atoms with Crippen LogP contribution >= 0.6 is 0 Å². The Kier molecular flexibility index (Phi) is 5.62. The number of urea groups is 1. The van der Waals surface area contributed by atoms with Crippen molar-refractivity contribution < 1.29 is 9.53 Å². The number of hydrogen-bond donors (Lipinski definition) is 2. The second-order valence-electron chi connectivity index (χ2n) is 7.43. The highest BCUT2D eigenvalue weighted by atomic mass is 16.5. The van der Waals surface area contributed by atoms with E-state index < -0.39 is 0 Å². The van der Waals surface area contributed by atoms with Crippen LogP contribution in [-0.2, 0) is 11.3 Å². The van der Waals surface area contributed by atoms with Gasteiger partial charge in [-0.2, -0.15) is 5.21 Å². The number of carbonyl (C=O) groups excluding carboxylic acids is 1. The summed E-state index contributed by atoms with van der Waals surface area (Å²) in [4.78, 5) is 14.8. The van der Waals surface area contributed by atoms with Gasteiger partial charge in [0.05, 0.1) is 6.10 Å². The summed E-state index contributed by atoms with van der Waals surface area (Å²) < 4.78 is 5.74.